The van der Waals surface area contributed by atoms with E-state index in [1.807, 2.05) is 23.1 Å². The van der Waals surface area contributed by atoms with E-state index >= 15 is 0 Å². The van der Waals surface area contributed by atoms with Crippen LogP contribution in [0.2, 0.25) is 0 Å². The summed E-state index contributed by atoms with van der Waals surface area (Å²) in [6, 6.07) is 15.9. The summed E-state index contributed by atoms with van der Waals surface area (Å²) in [7, 11) is 0. The van der Waals surface area contributed by atoms with Crippen molar-refractivity contribution in [2.45, 2.75) is 13.1 Å². The van der Waals surface area contributed by atoms with E-state index in [9.17, 15) is 9.50 Å². The molecular formula is C17H17FN2O. The summed E-state index contributed by atoms with van der Waals surface area (Å²) in [5, 5.41) is 18.3. The molecule has 1 N–H and O–H groups in total. The van der Waals surface area contributed by atoms with Gasteiger partial charge in [0.2, 0.25) is 0 Å². The quantitative estimate of drug-likeness (QED) is 0.887. The Morgan fingerprint density at radius 2 is 1.76 bits per heavy atom. The topological polar surface area (TPSA) is 47.3 Å². The van der Waals surface area contributed by atoms with Gasteiger partial charge in [-0.25, -0.2) is 4.39 Å². The zero-order chi connectivity index (χ0) is 15.1. The highest BCUT2D eigenvalue weighted by Crippen LogP contribution is 2.13. The molecule has 2 rings (SSSR count). The second-order valence-corrected chi connectivity index (χ2v) is 4.83. The van der Waals surface area contributed by atoms with Gasteiger partial charge in [-0.15, -0.1) is 0 Å². The number of halogens is 1. The van der Waals surface area contributed by atoms with Crippen LogP contribution in [-0.2, 0) is 13.1 Å². The molecule has 0 saturated carbocycles. The van der Waals surface area contributed by atoms with Crippen molar-refractivity contribution < 1.29 is 9.50 Å². The highest BCUT2D eigenvalue weighted by atomic mass is 19.1. The molecule has 0 heterocycles. The monoisotopic (exact) mass is 284 g/mol. The summed E-state index contributed by atoms with van der Waals surface area (Å²) >= 11 is 0. The van der Waals surface area contributed by atoms with E-state index in [2.05, 4.69) is 6.07 Å². The standard InChI is InChI=1S/C17H17FN2O/c18-17-7-5-14(6-8-17)12-20(9-10-21)13-16-4-2-1-3-15(16)11-19/h1-8,21H,9-10,12-13H2. The first-order chi connectivity index (χ1) is 10.2. The second kappa shape index (κ2) is 7.53. The van der Waals surface area contributed by atoms with Crippen LogP contribution in [0.1, 0.15) is 16.7 Å². The molecule has 21 heavy (non-hydrogen) atoms. The molecule has 0 fully saturated rings. The molecule has 0 unspecified atom stereocenters. The lowest BCUT2D eigenvalue weighted by molar-refractivity contribution is 0.184. The van der Waals surface area contributed by atoms with Gasteiger partial charge in [0.1, 0.15) is 5.82 Å². The van der Waals surface area contributed by atoms with Gasteiger partial charge >= 0.3 is 0 Å². The molecule has 4 heteroatoms. The minimum atomic E-state index is -0.262. The Hall–Kier alpha value is -2.22. The van der Waals surface area contributed by atoms with Crippen molar-refractivity contribution in [3.63, 3.8) is 0 Å². The van der Waals surface area contributed by atoms with Gasteiger partial charge in [0.05, 0.1) is 18.2 Å². The first-order valence-corrected chi connectivity index (χ1v) is 6.78. The smallest absolute Gasteiger partial charge is 0.123 e. The van der Waals surface area contributed by atoms with E-state index in [4.69, 9.17) is 5.26 Å². The number of benzene rings is 2. The molecule has 0 atom stereocenters. The number of nitriles is 1. The van der Waals surface area contributed by atoms with Crippen molar-refractivity contribution >= 4 is 0 Å². The van der Waals surface area contributed by atoms with Crippen molar-refractivity contribution in [1.82, 2.24) is 4.90 Å². The van der Waals surface area contributed by atoms with E-state index in [1.54, 1.807) is 18.2 Å². The molecule has 3 nitrogen and oxygen atoms in total. The molecular weight excluding hydrogens is 267 g/mol. The molecule has 0 aliphatic carbocycles. The first kappa shape index (κ1) is 15.2. The van der Waals surface area contributed by atoms with Crippen LogP contribution < -0.4 is 0 Å². The SMILES string of the molecule is N#Cc1ccccc1CN(CCO)Cc1ccc(F)cc1. The van der Waals surface area contributed by atoms with Crippen LogP contribution in [0, 0.1) is 17.1 Å². The number of hydrogen-bond donors (Lipinski definition) is 1. The lowest BCUT2D eigenvalue weighted by Gasteiger charge is -2.22. The first-order valence-electron chi connectivity index (χ1n) is 6.78. The van der Waals surface area contributed by atoms with Crippen molar-refractivity contribution in [1.29, 1.82) is 5.26 Å². The predicted octanol–water partition coefficient (Wildman–Crippen LogP) is 2.69. The number of hydrogen-bond acceptors (Lipinski definition) is 3. The van der Waals surface area contributed by atoms with Crippen molar-refractivity contribution in [3.8, 4) is 6.07 Å². The van der Waals surface area contributed by atoms with E-state index in [1.165, 1.54) is 12.1 Å². The maximum Gasteiger partial charge on any atom is 0.123 e. The van der Waals surface area contributed by atoms with E-state index in [-0.39, 0.29) is 12.4 Å². The fourth-order valence-corrected chi connectivity index (χ4v) is 2.21. The van der Waals surface area contributed by atoms with Crippen LogP contribution in [0.4, 0.5) is 4.39 Å². The fourth-order valence-electron chi connectivity index (χ4n) is 2.21. The Kier molecular flexibility index (Phi) is 5.44. The molecule has 2 aromatic carbocycles. The lowest BCUT2D eigenvalue weighted by Crippen LogP contribution is -2.26. The van der Waals surface area contributed by atoms with Crippen LogP contribution >= 0.6 is 0 Å². The molecule has 108 valence electrons. The van der Waals surface area contributed by atoms with Gasteiger partial charge in [-0.3, -0.25) is 4.90 Å². The lowest BCUT2D eigenvalue weighted by atomic mass is 10.1. The van der Waals surface area contributed by atoms with Crippen molar-refractivity contribution in [3.05, 3.63) is 71.0 Å². The zero-order valence-electron chi connectivity index (χ0n) is 11.7. The summed E-state index contributed by atoms with van der Waals surface area (Å²) in [5.74, 6) is -0.262. The summed E-state index contributed by atoms with van der Waals surface area (Å²) in [4.78, 5) is 2.03. The Balaban J connectivity index is 2.12. The highest BCUT2D eigenvalue weighted by molar-refractivity contribution is 5.37. The zero-order valence-corrected chi connectivity index (χ0v) is 11.7. The van der Waals surface area contributed by atoms with Gasteiger partial charge in [0.15, 0.2) is 0 Å². The Bertz CT molecular complexity index is 619. The van der Waals surface area contributed by atoms with Crippen molar-refractivity contribution in [2.24, 2.45) is 0 Å². The fraction of sp³-hybridized carbons (Fsp3) is 0.235. The highest BCUT2D eigenvalue weighted by Gasteiger charge is 2.09. The number of aliphatic hydroxyl groups excluding tert-OH is 1. The predicted molar refractivity (Wildman–Crippen MR) is 78.8 cm³/mol. The summed E-state index contributed by atoms with van der Waals surface area (Å²) in [6.45, 7) is 1.70. The third-order valence-electron chi connectivity index (χ3n) is 3.27. The maximum absolute atomic E-state index is 12.9. The third-order valence-corrected chi connectivity index (χ3v) is 3.27. The van der Waals surface area contributed by atoms with Gasteiger partial charge in [0.25, 0.3) is 0 Å². The summed E-state index contributed by atoms with van der Waals surface area (Å²) < 4.78 is 12.9. The van der Waals surface area contributed by atoms with Gasteiger partial charge < -0.3 is 5.11 Å². The maximum atomic E-state index is 12.9. The number of nitrogens with zero attached hydrogens (tertiary/aromatic N) is 2. The Labute approximate surface area is 123 Å². The normalized spacial score (nSPS) is 10.6. The van der Waals surface area contributed by atoms with Crippen molar-refractivity contribution in [2.75, 3.05) is 13.2 Å². The van der Waals surface area contributed by atoms with E-state index in [0.29, 0.717) is 25.2 Å². The average molecular weight is 284 g/mol. The van der Waals surface area contributed by atoms with Gasteiger partial charge in [-0.05, 0) is 29.3 Å². The Morgan fingerprint density at radius 1 is 1.05 bits per heavy atom. The van der Waals surface area contributed by atoms with E-state index in [0.717, 1.165) is 11.1 Å². The molecule has 2 aromatic rings. The van der Waals surface area contributed by atoms with Crippen LogP contribution in [0.25, 0.3) is 0 Å². The molecule has 0 aliphatic rings. The molecule has 0 bridgehead atoms. The Morgan fingerprint density at radius 3 is 2.43 bits per heavy atom. The molecule has 0 aromatic heterocycles. The largest absolute Gasteiger partial charge is 0.395 e. The minimum absolute atomic E-state index is 0.0376. The van der Waals surface area contributed by atoms with Gasteiger partial charge in [-0.2, -0.15) is 5.26 Å². The molecule has 0 radical (unpaired) electrons. The molecule has 0 amide bonds. The second-order valence-electron chi connectivity index (χ2n) is 4.83. The summed E-state index contributed by atoms with van der Waals surface area (Å²) in [6.07, 6.45) is 0. The molecule has 0 aliphatic heterocycles. The summed E-state index contributed by atoms with van der Waals surface area (Å²) in [5.41, 5.74) is 2.54. The molecule has 0 spiro atoms. The molecule has 0 saturated heterocycles. The minimum Gasteiger partial charge on any atom is -0.395 e. The van der Waals surface area contributed by atoms with Crippen LogP contribution in [0.15, 0.2) is 48.5 Å². The average Bonchev–Trinajstić information content (AvgIpc) is 2.50. The number of aliphatic hydroxyl groups is 1. The van der Waals surface area contributed by atoms with Crippen LogP contribution in [-0.4, -0.2) is 23.2 Å². The third kappa shape index (κ3) is 4.38. The van der Waals surface area contributed by atoms with Gasteiger partial charge in [-0.1, -0.05) is 30.3 Å². The van der Waals surface area contributed by atoms with E-state index < -0.39 is 0 Å². The van der Waals surface area contributed by atoms with Crippen LogP contribution in [0.5, 0.6) is 0 Å². The number of rotatable bonds is 6. The van der Waals surface area contributed by atoms with Crippen LogP contribution in [0.3, 0.4) is 0 Å². The van der Waals surface area contributed by atoms with Gasteiger partial charge in [0, 0.05) is 19.6 Å².